The third-order valence-corrected chi connectivity index (χ3v) is 4.40. The molecule has 3 rings (SSSR count). The van der Waals surface area contributed by atoms with Gasteiger partial charge in [0.25, 0.3) is 0 Å². The Bertz CT molecular complexity index is 890. The third-order valence-electron chi connectivity index (χ3n) is 4.40. The molecule has 2 aromatic carbocycles. The monoisotopic (exact) mass is 362 g/mol. The number of benzene rings is 2. The first-order chi connectivity index (χ1) is 12.3. The summed E-state index contributed by atoms with van der Waals surface area (Å²) in [5.74, 6) is 0.285. The van der Waals surface area contributed by atoms with Gasteiger partial charge in [0.05, 0.1) is 18.2 Å². The zero-order valence-corrected chi connectivity index (χ0v) is 14.1. The normalized spacial score (nSPS) is 17.8. The van der Waals surface area contributed by atoms with Crippen LogP contribution in [0.25, 0.3) is 5.57 Å². The zero-order valence-electron chi connectivity index (χ0n) is 14.1. The third kappa shape index (κ3) is 2.89. The van der Waals surface area contributed by atoms with Crippen molar-refractivity contribution < 1.29 is 23.0 Å². The Kier molecular flexibility index (Phi) is 4.39. The fourth-order valence-corrected chi connectivity index (χ4v) is 3.13. The molecule has 0 saturated carbocycles. The Morgan fingerprint density at radius 1 is 1.12 bits per heavy atom. The number of aliphatic hydroxyl groups excluding tert-OH is 1. The maximum Gasteiger partial charge on any atom is 0.416 e. The van der Waals surface area contributed by atoms with Gasteiger partial charge in [-0.05, 0) is 23.8 Å². The number of alkyl halides is 3. The van der Waals surface area contributed by atoms with E-state index in [9.17, 15) is 18.3 Å². The summed E-state index contributed by atoms with van der Waals surface area (Å²) in [6.45, 7) is 0. The fourth-order valence-electron chi connectivity index (χ4n) is 3.13. The molecule has 2 N–H and O–H groups in total. The van der Waals surface area contributed by atoms with E-state index in [1.54, 1.807) is 31.3 Å². The molecule has 136 valence electrons. The molecule has 0 amide bonds. The molecule has 0 radical (unpaired) electrons. The van der Waals surface area contributed by atoms with E-state index in [4.69, 9.17) is 10.1 Å². The van der Waals surface area contributed by atoms with Crippen molar-refractivity contribution in [3.8, 4) is 5.75 Å². The quantitative estimate of drug-likeness (QED) is 0.836. The van der Waals surface area contributed by atoms with Crippen LogP contribution in [0, 0.1) is 5.41 Å². The van der Waals surface area contributed by atoms with E-state index < -0.39 is 17.8 Å². The van der Waals surface area contributed by atoms with E-state index >= 15 is 0 Å². The largest absolute Gasteiger partial charge is 0.509 e. The average Bonchev–Trinajstić information content (AvgIpc) is 2.83. The van der Waals surface area contributed by atoms with Gasteiger partial charge in [0.2, 0.25) is 0 Å². The summed E-state index contributed by atoms with van der Waals surface area (Å²) in [7, 11) is 3.10. The van der Waals surface area contributed by atoms with Crippen molar-refractivity contribution >= 4 is 11.4 Å². The highest BCUT2D eigenvalue weighted by molar-refractivity contribution is 6.24. The molecule has 4 nitrogen and oxygen atoms in total. The molecule has 7 heteroatoms. The Balaban J connectivity index is 2.13. The van der Waals surface area contributed by atoms with Crippen LogP contribution in [0.5, 0.6) is 5.75 Å². The Hall–Kier alpha value is -2.96. The number of ether oxygens (including phenoxy) is 1. The molecular weight excluding hydrogens is 345 g/mol. The van der Waals surface area contributed by atoms with E-state index in [1.165, 1.54) is 24.1 Å². The van der Waals surface area contributed by atoms with Gasteiger partial charge in [0, 0.05) is 12.6 Å². The van der Waals surface area contributed by atoms with Gasteiger partial charge in [-0.3, -0.25) is 5.41 Å². The fraction of sp³-hybridized carbons (Fsp3) is 0.211. The van der Waals surface area contributed by atoms with Crippen molar-refractivity contribution in [2.45, 2.75) is 12.2 Å². The maximum absolute atomic E-state index is 13.0. The minimum Gasteiger partial charge on any atom is -0.509 e. The number of likely N-dealkylation sites (N-methyl/N-ethyl adjacent to an activating group) is 1. The Morgan fingerprint density at radius 2 is 1.81 bits per heavy atom. The zero-order chi connectivity index (χ0) is 19.1. The predicted octanol–water partition coefficient (Wildman–Crippen LogP) is 4.65. The van der Waals surface area contributed by atoms with E-state index in [-0.39, 0.29) is 22.7 Å². The molecule has 0 saturated heterocycles. The summed E-state index contributed by atoms with van der Waals surface area (Å²) in [6.07, 6.45) is -4.50. The lowest BCUT2D eigenvalue weighted by molar-refractivity contribution is -0.137. The summed E-state index contributed by atoms with van der Waals surface area (Å²) in [4.78, 5) is 1.50. The minimum atomic E-state index is -4.50. The molecule has 1 aliphatic rings. The lowest BCUT2D eigenvalue weighted by Gasteiger charge is -2.24. The van der Waals surface area contributed by atoms with Crippen LogP contribution < -0.4 is 4.74 Å². The number of amidine groups is 1. The number of hydrogen-bond donors (Lipinski definition) is 2. The minimum absolute atomic E-state index is 0.0577. The van der Waals surface area contributed by atoms with Gasteiger partial charge >= 0.3 is 6.18 Å². The first kappa shape index (κ1) is 17.8. The number of hydrogen-bond acceptors (Lipinski definition) is 3. The van der Waals surface area contributed by atoms with Crippen molar-refractivity contribution in [2.24, 2.45) is 0 Å². The van der Waals surface area contributed by atoms with E-state index in [0.29, 0.717) is 11.3 Å². The van der Waals surface area contributed by atoms with Crippen LogP contribution in [0.4, 0.5) is 13.2 Å². The van der Waals surface area contributed by atoms with Crippen LogP contribution in [0.1, 0.15) is 22.7 Å². The number of halogens is 3. The van der Waals surface area contributed by atoms with E-state index in [0.717, 1.165) is 12.1 Å². The second-order valence-corrected chi connectivity index (χ2v) is 5.94. The molecule has 0 bridgehead atoms. The number of nitrogens with zero attached hydrogens (tertiary/aromatic N) is 1. The first-order valence-electron chi connectivity index (χ1n) is 7.81. The summed E-state index contributed by atoms with van der Waals surface area (Å²) in [6, 6.07) is 10.9. The van der Waals surface area contributed by atoms with Crippen molar-refractivity contribution in [3.63, 3.8) is 0 Å². The van der Waals surface area contributed by atoms with Gasteiger partial charge in [-0.25, -0.2) is 0 Å². The number of para-hydroxylation sites is 1. The molecule has 0 aliphatic carbocycles. The van der Waals surface area contributed by atoms with Crippen LogP contribution >= 0.6 is 0 Å². The number of rotatable bonds is 3. The van der Waals surface area contributed by atoms with Gasteiger partial charge in [-0.1, -0.05) is 30.3 Å². The summed E-state index contributed by atoms with van der Waals surface area (Å²) >= 11 is 0. The van der Waals surface area contributed by atoms with Crippen molar-refractivity contribution in [2.75, 3.05) is 14.2 Å². The second-order valence-electron chi connectivity index (χ2n) is 5.94. The predicted molar refractivity (Wildman–Crippen MR) is 92.2 cm³/mol. The van der Waals surface area contributed by atoms with Crippen molar-refractivity contribution in [1.29, 1.82) is 5.41 Å². The van der Waals surface area contributed by atoms with E-state index in [2.05, 4.69) is 0 Å². The molecule has 2 aromatic rings. The van der Waals surface area contributed by atoms with Gasteiger partial charge in [-0.2, -0.15) is 13.2 Å². The molecule has 0 aromatic heterocycles. The Labute approximate surface area is 148 Å². The first-order valence-corrected chi connectivity index (χ1v) is 7.81. The lowest BCUT2D eigenvalue weighted by Crippen LogP contribution is -2.25. The molecule has 26 heavy (non-hydrogen) atoms. The molecule has 1 unspecified atom stereocenters. The van der Waals surface area contributed by atoms with Crippen LogP contribution in [-0.4, -0.2) is 30.0 Å². The lowest BCUT2D eigenvalue weighted by atomic mass is 9.99. The molecule has 1 heterocycles. The van der Waals surface area contributed by atoms with Crippen LogP contribution in [0.2, 0.25) is 0 Å². The molecule has 0 fully saturated rings. The molecular formula is C19H17F3N2O2. The summed E-state index contributed by atoms with van der Waals surface area (Å²) in [5, 5.41) is 19.1. The summed E-state index contributed by atoms with van der Waals surface area (Å²) < 4.78 is 44.3. The van der Waals surface area contributed by atoms with Gasteiger partial charge in [0.1, 0.15) is 23.4 Å². The topological polar surface area (TPSA) is 56.6 Å². The smallest absolute Gasteiger partial charge is 0.416 e. The van der Waals surface area contributed by atoms with Gasteiger partial charge in [-0.15, -0.1) is 0 Å². The molecule has 0 spiro atoms. The van der Waals surface area contributed by atoms with Crippen molar-refractivity contribution in [1.82, 2.24) is 4.90 Å². The number of methoxy groups -OCH3 is 1. The number of aliphatic hydroxyl groups is 1. The maximum atomic E-state index is 13.0. The highest BCUT2D eigenvalue weighted by Gasteiger charge is 2.38. The highest BCUT2D eigenvalue weighted by atomic mass is 19.4. The summed E-state index contributed by atoms with van der Waals surface area (Å²) in [5.41, 5.74) is 0.0225. The molecule has 1 aliphatic heterocycles. The van der Waals surface area contributed by atoms with Crippen LogP contribution in [0.15, 0.2) is 54.3 Å². The van der Waals surface area contributed by atoms with Gasteiger partial charge < -0.3 is 14.7 Å². The van der Waals surface area contributed by atoms with Crippen LogP contribution in [-0.2, 0) is 6.18 Å². The second kappa shape index (κ2) is 6.40. The molecule has 1 atom stereocenters. The van der Waals surface area contributed by atoms with Crippen LogP contribution in [0.3, 0.4) is 0 Å². The number of nitrogens with one attached hydrogen (secondary N) is 1. The Morgan fingerprint density at radius 3 is 2.46 bits per heavy atom. The highest BCUT2D eigenvalue weighted by Crippen LogP contribution is 2.43. The van der Waals surface area contributed by atoms with Crippen molar-refractivity contribution in [3.05, 3.63) is 71.0 Å². The average molecular weight is 362 g/mol. The standard InChI is InChI=1S/C19H17F3N2O2/c1-24-16(13-8-3-4-9-14(13)26-2)17(25)15(18(24)23)11-6-5-7-12(10-11)19(20,21)22/h3-10,16,23,25H,1-2H3. The van der Waals surface area contributed by atoms with E-state index in [1.807, 2.05) is 0 Å². The SMILES string of the molecule is COc1ccccc1C1C(O)=C(c2cccc(C(F)(F)F)c2)C(=N)N1C. The van der Waals surface area contributed by atoms with Gasteiger partial charge in [0.15, 0.2) is 0 Å².